The van der Waals surface area contributed by atoms with Gasteiger partial charge in [-0.2, -0.15) is 0 Å². The van der Waals surface area contributed by atoms with Gasteiger partial charge in [0, 0.05) is 17.9 Å². The molecule has 0 saturated carbocycles. The third kappa shape index (κ3) is 5.07. The first kappa shape index (κ1) is 17.0. The maximum Gasteiger partial charge on any atom is 0.276 e. The molecule has 1 N–H and O–H groups in total. The molecule has 1 saturated heterocycles. The topological polar surface area (TPSA) is 71.3 Å². The van der Waals surface area contributed by atoms with Crippen molar-refractivity contribution >= 4 is 17.7 Å². The Balaban J connectivity index is 1.39. The molecule has 3 rings (SSSR count). The van der Waals surface area contributed by atoms with E-state index < -0.39 is 0 Å². The highest BCUT2D eigenvalue weighted by atomic mass is 32.2. The quantitative estimate of drug-likeness (QED) is 0.777. The first-order chi connectivity index (χ1) is 11.8. The second-order valence-electron chi connectivity index (χ2n) is 5.76. The van der Waals surface area contributed by atoms with Crippen LogP contribution in [0.2, 0.25) is 0 Å². The number of rotatable bonds is 7. The molecule has 0 atom stereocenters. The lowest BCUT2D eigenvalue weighted by atomic mass is 10.1. The van der Waals surface area contributed by atoms with E-state index in [1.54, 1.807) is 23.9 Å². The van der Waals surface area contributed by atoms with Crippen molar-refractivity contribution in [2.24, 2.45) is 0 Å². The van der Waals surface area contributed by atoms with E-state index >= 15 is 0 Å². The number of amides is 1. The Hall–Kier alpha value is -1.86. The number of aromatic nitrogens is 2. The highest BCUT2D eigenvalue weighted by Crippen LogP contribution is 2.17. The van der Waals surface area contributed by atoms with Crippen LogP contribution in [0.4, 0.5) is 0 Å². The number of piperidine rings is 1. The van der Waals surface area contributed by atoms with Gasteiger partial charge in [-0.15, -0.1) is 10.2 Å². The van der Waals surface area contributed by atoms with Crippen LogP contribution < -0.4 is 5.32 Å². The summed E-state index contributed by atoms with van der Waals surface area (Å²) in [6.45, 7) is 3.68. The number of hydrogen-bond donors (Lipinski definition) is 1. The van der Waals surface area contributed by atoms with Gasteiger partial charge in [0.25, 0.3) is 11.1 Å². The van der Waals surface area contributed by atoms with Crippen LogP contribution in [0.3, 0.4) is 0 Å². The van der Waals surface area contributed by atoms with E-state index in [1.165, 1.54) is 32.4 Å². The monoisotopic (exact) mass is 346 g/mol. The molecule has 1 fully saturated rings. The lowest BCUT2D eigenvalue weighted by Gasteiger charge is -2.25. The number of nitrogens with zero attached hydrogens (tertiary/aromatic N) is 3. The van der Waals surface area contributed by atoms with Crippen molar-refractivity contribution in [2.75, 3.05) is 25.4 Å². The molecule has 0 aliphatic carbocycles. The van der Waals surface area contributed by atoms with E-state index in [0.29, 0.717) is 16.7 Å². The summed E-state index contributed by atoms with van der Waals surface area (Å²) in [6.07, 6.45) is 3.96. The number of carbonyl (C=O) groups excluding carboxylic acids is 1. The van der Waals surface area contributed by atoms with E-state index in [2.05, 4.69) is 20.4 Å². The highest BCUT2D eigenvalue weighted by molar-refractivity contribution is 7.99. The maximum absolute atomic E-state index is 12.0. The summed E-state index contributed by atoms with van der Waals surface area (Å²) in [6, 6.07) is 9.08. The van der Waals surface area contributed by atoms with Crippen molar-refractivity contribution in [2.45, 2.75) is 31.0 Å². The van der Waals surface area contributed by atoms with Crippen molar-refractivity contribution in [3.63, 3.8) is 0 Å². The molecular formula is C17H22N4O2S. The Labute approximate surface area is 146 Å². The van der Waals surface area contributed by atoms with Gasteiger partial charge < -0.3 is 14.6 Å². The number of benzene rings is 1. The zero-order valence-corrected chi connectivity index (χ0v) is 14.4. The molecule has 1 aromatic heterocycles. The number of hydrogen-bond acceptors (Lipinski definition) is 6. The number of carbonyl (C=O) groups is 1. The van der Waals surface area contributed by atoms with E-state index in [1.807, 2.05) is 18.2 Å². The SMILES string of the molecule is O=C(NCc1nnc(SCCN2CCCCC2)o1)c1ccccc1. The second-order valence-corrected chi connectivity index (χ2v) is 6.81. The standard InChI is InChI=1S/C17H22N4O2S/c22-16(14-7-3-1-4-8-14)18-13-15-19-20-17(23-15)24-12-11-21-9-5-2-6-10-21/h1,3-4,7-8H,2,5-6,9-13H2,(H,18,22). The van der Waals surface area contributed by atoms with Crippen LogP contribution in [-0.2, 0) is 6.54 Å². The molecular weight excluding hydrogens is 324 g/mol. The van der Waals surface area contributed by atoms with Crippen molar-refractivity contribution in [3.05, 3.63) is 41.8 Å². The summed E-state index contributed by atoms with van der Waals surface area (Å²) < 4.78 is 5.57. The minimum Gasteiger partial charge on any atom is -0.414 e. The molecule has 1 aromatic carbocycles. The van der Waals surface area contributed by atoms with Gasteiger partial charge in [-0.25, -0.2) is 0 Å². The van der Waals surface area contributed by atoms with E-state index in [4.69, 9.17) is 4.42 Å². The molecule has 2 aromatic rings. The molecule has 1 aliphatic rings. The van der Waals surface area contributed by atoms with Crippen LogP contribution in [0.1, 0.15) is 35.5 Å². The first-order valence-electron chi connectivity index (χ1n) is 8.32. The predicted octanol–water partition coefficient (Wildman–Crippen LogP) is 2.58. The molecule has 24 heavy (non-hydrogen) atoms. The fourth-order valence-electron chi connectivity index (χ4n) is 2.66. The molecule has 6 nitrogen and oxygen atoms in total. The molecule has 7 heteroatoms. The van der Waals surface area contributed by atoms with E-state index in [9.17, 15) is 4.79 Å². The fraction of sp³-hybridized carbons (Fsp3) is 0.471. The van der Waals surface area contributed by atoms with Gasteiger partial charge in [-0.1, -0.05) is 36.4 Å². The second kappa shape index (κ2) is 8.84. The molecule has 1 aliphatic heterocycles. The summed E-state index contributed by atoms with van der Waals surface area (Å²) in [5.41, 5.74) is 0.619. The molecule has 1 amide bonds. The molecule has 0 spiro atoms. The zero-order valence-electron chi connectivity index (χ0n) is 13.6. The first-order valence-corrected chi connectivity index (χ1v) is 9.30. The van der Waals surface area contributed by atoms with Crippen molar-refractivity contribution < 1.29 is 9.21 Å². The smallest absolute Gasteiger partial charge is 0.276 e. The van der Waals surface area contributed by atoms with Crippen LogP contribution in [-0.4, -0.2) is 46.4 Å². The van der Waals surface area contributed by atoms with E-state index in [0.717, 1.165) is 12.3 Å². The van der Waals surface area contributed by atoms with Crippen LogP contribution in [0.15, 0.2) is 40.0 Å². The molecule has 0 radical (unpaired) electrons. The Morgan fingerprint density at radius 1 is 1.17 bits per heavy atom. The van der Waals surface area contributed by atoms with Gasteiger partial charge in [0.2, 0.25) is 5.89 Å². The Morgan fingerprint density at radius 3 is 2.75 bits per heavy atom. The van der Waals surface area contributed by atoms with Crippen LogP contribution in [0.5, 0.6) is 0 Å². The minimum absolute atomic E-state index is 0.145. The molecule has 128 valence electrons. The van der Waals surface area contributed by atoms with Crippen molar-refractivity contribution in [3.8, 4) is 0 Å². The maximum atomic E-state index is 12.0. The normalized spacial score (nSPS) is 15.3. The average Bonchev–Trinajstić information content (AvgIpc) is 3.09. The van der Waals surface area contributed by atoms with Gasteiger partial charge >= 0.3 is 0 Å². The Kier molecular flexibility index (Phi) is 6.26. The third-order valence-electron chi connectivity index (χ3n) is 3.97. The largest absolute Gasteiger partial charge is 0.414 e. The van der Waals surface area contributed by atoms with Crippen molar-refractivity contribution in [1.29, 1.82) is 0 Å². The number of thioether (sulfide) groups is 1. The highest BCUT2D eigenvalue weighted by Gasteiger charge is 2.12. The molecule has 0 unspecified atom stereocenters. The molecule has 2 heterocycles. The minimum atomic E-state index is -0.145. The average molecular weight is 346 g/mol. The summed E-state index contributed by atoms with van der Waals surface area (Å²) in [4.78, 5) is 14.4. The molecule has 0 bridgehead atoms. The number of nitrogens with one attached hydrogen (secondary N) is 1. The lowest BCUT2D eigenvalue weighted by Crippen LogP contribution is -2.31. The predicted molar refractivity (Wildman–Crippen MR) is 92.9 cm³/mol. The van der Waals surface area contributed by atoms with Gasteiger partial charge in [0.1, 0.15) is 0 Å². The van der Waals surface area contributed by atoms with Gasteiger partial charge in [0.15, 0.2) is 0 Å². The number of likely N-dealkylation sites (tertiary alicyclic amines) is 1. The summed E-state index contributed by atoms with van der Waals surface area (Å²) in [7, 11) is 0. The van der Waals surface area contributed by atoms with Gasteiger partial charge in [-0.05, 0) is 38.1 Å². The Morgan fingerprint density at radius 2 is 1.96 bits per heavy atom. The summed E-state index contributed by atoms with van der Waals surface area (Å²) in [5.74, 6) is 1.23. The van der Waals surface area contributed by atoms with Gasteiger partial charge in [0.05, 0.1) is 6.54 Å². The van der Waals surface area contributed by atoms with Crippen LogP contribution in [0.25, 0.3) is 0 Å². The third-order valence-corrected chi connectivity index (χ3v) is 4.76. The van der Waals surface area contributed by atoms with Crippen LogP contribution >= 0.6 is 11.8 Å². The van der Waals surface area contributed by atoms with E-state index in [-0.39, 0.29) is 12.5 Å². The van der Waals surface area contributed by atoms with Crippen molar-refractivity contribution in [1.82, 2.24) is 20.4 Å². The summed E-state index contributed by atoms with van der Waals surface area (Å²) >= 11 is 1.57. The Bertz CT molecular complexity index is 641. The van der Waals surface area contributed by atoms with Gasteiger partial charge in [-0.3, -0.25) is 4.79 Å². The fourth-order valence-corrected chi connectivity index (χ4v) is 3.44. The van der Waals surface area contributed by atoms with Crippen LogP contribution in [0, 0.1) is 0 Å². The summed E-state index contributed by atoms with van der Waals surface area (Å²) in [5, 5.41) is 11.4. The zero-order chi connectivity index (χ0) is 16.6. The lowest BCUT2D eigenvalue weighted by molar-refractivity contribution is 0.0946.